The molecular weight excluding hydrogens is 236 g/mol. The predicted octanol–water partition coefficient (Wildman–Crippen LogP) is 2.72. The molecule has 1 atom stereocenters. The highest BCUT2D eigenvalue weighted by Gasteiger charge is 2.20. The third-order valence-corrected chi connectivity index (χ3v) is 3.77. The minimum Gasteiger partial charge on any atom is -0.376 e. The second kappa shape index (κ2) is 6.92. The van der Waals surface area contributed by atoms with Crippen LogP contribution in [0, 0.1) is 6.92 Å². The largest absolute Gasteiger partial charge is 0.376 e. The van der Waals surface area contributed by atoms with Gasteiger partial charge in [-0.3, -0.25) is 0 Å². The quantitative estimate of drug-likeness (QED) is 0.853. The number of benzene rings is 1. The molecular formula is C16H26N2O. The zero-order chi connectivity index (χ0) is 13.7. The molecule has 1 heterocycles. The van der Waals surface area contributed by atoms with Crippen molar-refractivity contribution in [3.8, 4) is 0 Å². The van der Waals surface area contributed by atoms with Gasteiger partial charge in [0.25, 0.3) is 0 Å². The number of likely N-dealkylation sites (N-methyl/N-ethyl adjacent to an activating group) is 1. The molecule has 1 fully saturated rings. The lowest BCUT2D eigenvalue weighted by atomic mass is 10.1. The van der Waals surface area contributed by atoms with Gasteiger partial charge in [0.05, 0.1) is 6.10 Å². The zero-order valence-corrected chi connectivity index (χ0v) is 12.4. The minimum atomic E-state index is 0.406. The summed E-state index contributed by atoms with van der Waals surface area (Å²) in [5.41, 5.74) is 4.04. The summed E-state index contributed by atoms with van der Waals surface area (Å²) in [5.74, 6) is 0. The summed E-state index contributed by atoms with van der Waals surface area (Å²) in [6, 6.07) is 6.73. The summed E-state index contributed by atoms with van der Waals surface area (Å²) < 4.78 is 5.77. The van der Waals surface area contributed by atoms with Crippen molar-refractivity contribution >= 4 is 5.69 Å². The zero-order valence-electron chi connectivity index (χ0n) is 12.4. The Balaban J connectivity index is 2.16. The number of ether oxygens (including phenoxy) is 1. The molecule has 0 aromatic heterocycles. The maximum absolute atomic E-state index is 5.77. The van der Waals surface area contributed by atoms with E-state index in [0.717, 1.165) is 26.2 Å². The number of hydrogen-bond donors (Lipinski definition) is 1. The van der Waals surface area contributed by atoms with Gasteiger partial charge in [0.1, 0.15) is 0 Å². The first-order valence-corrected chi connectivity index (χ1v) is 7.35. The summed E-state index contributed by atoms with van der Waals surface area (Å²) >= 11 is 0. The molecule has 1 aliphatic heterocycles. The van der Waals surface area contributed by atoms with Gasteiger partial charge in [0.15, 0.2) is 0 Å². The second-order valence-electron chi connectivity index (χ2n) is 5.34. The monoisotopic (exact) mass is 262 g/mol. The van der Waals surface area contributed by atoms with Gasteiger partial charge in [-0.05, 0) is 45.4 Å². The van der Waals surface area contributed by atoms with Crippen LogP contribution in [-0.4, -0.2) is 32.8 Å². The minimum absolute atomic E-state index is 0.406. The summed E-state index contributed by atoms with van der Waals surface area (Å²) in [4.78, 5) is 2.45. The summed E-state index contributed by atoms with van der Waals surface area (Å²) in [7, 11) is 2.00. The molecule has 0 spiro atoms. The molecule has 0 amide bonds. The van der Waals surface area contributed by atoms with Crippen LogP contribution < -0.4 is 10.2 Å². The first-order valence-electron chi connectivity index (χ1n) is 7.35. The molecule has 0 saturated carbocycles. The van der Waals surface area contributed by atoms with Crippen LogP contribution in [0.5, 0.6) is 0 Å². The van der Waals surface area contributed by atoms with Crippen LogP contribution in [-0.2, 0) is 11.3 Å². The van der Waals surface area contributed by atoms with Crippen LogP contribution >= 0.6 is 0 Å². The molecule has 1 aliphatic rings. The van der Waals surface area contributed by atoms with Crippen LogP contribution in [0.1, 0.15) is 30.9 Å². The molecule has 1 aromatic carbocycles. The van der Waals surface area contributed by atoms with Crippen molar-refractivity contribution in [2.24, 2.45) is 0 Å². The Morgan fingerprint density at radius 1 is 1.42 bits per heavy atom. The van der Waals surface area contributed by atoms with Gasteiger partial charge in [0, 0.05) is 31.9 Å². The molecule has 19 heavy (non-hydrogen) atoms. The Morgan fingerprint density at radius 3 is 2.89 bits per heavy atom. The van der Waals surface area contributed by atoms with E-state index in [2.05, 4.69) is 42.3 Å². The van der Waals surface area contributed by atoms with Gasteiger partial charge < -0.3 is 15.0 Å². The van der Waals surface area contributed by atoms with Gasteiger partial charge in [0.2, 0.25) is 0 Å². The van der Waals surface area contributed by atoms with E-state index in [1.54, 1.807) is 0 Å². The molecule has 1 unspecified atom stereocenters. The van der Waals surface area contributed by atoms with Crippen LogP contribution in [0.15, 0.2) is 18.2 Å². The highest BCUT2D eigenvalue weighted by Crippen LogP contribution is 2.24. The fraction of sp³-hybridized carbons (Fsp3) is 0.625. The number of nitrogens with zero attached hydrogens (tertiary/aromatic N) is 1. The van der Waals surface area contributed by atoms with Gasteiger partial charge in [-0.1, -0.05) is 17.7 Å². The fourth-order valence-corrected chi connectivity index (χ4v) is 2.79. The Hall–Kier alpha value is -1.06. The van der Waals surface area contributed by atoms with E-state index in [1.165, 1.54) is 29.7 Å². The van der Waals surface area contributed by atoms with E-state index in [9.17, 15) is 0 Å². The molecule has 0 aliphatic carbocycles. The first-order chi connectivity index (χ1) is 9.24. The molecule has 1 saturated heterocycles. The van der Waals surface area contributed by atoms with E-state index < -0.39 is 0 Å². The number of rotatable bonds is 6. The van der Waals surface area contributed by atoms with E-state index in [4.69, 9.17) is 4.74 Å². The number of nitrogens with one attached hydrogen (secondary N) is 1. The highest BCUT2D eigenvalue weighted by atomic mass is 16.5. The molecule has 1 aromatic rings. The molecule has 2 rings (SSSR count). The van der Waals surface area contributed by atoms with Crippen LogP contribution in [0.25, 0.3) is 0 Å². The molecule has 3 nitrogen and oxygen atoms in total. The van der Waals surface area contributed by atoms with Crippen molar-refractivity contribution in [1.29, 1.82) is 0 Å². The standard InChI is InChI=1S/C16H26N2O/c1-4-18(12-15-6-5-9-19-15)16-8-7-13(2)10-14(16)11-17-3/h7-8,10,15,17H,4-6,9,11-12H2,1-3H3. The van der Waals surface area contributed by atoms with Crippen molar-refractivity contribution in [3.05, 3.63) is 29.3 Å². The van der Waals surface area contributed by atoms with Crippen molar-refractivity contribution in [1.82, 2.24) is 5.32 Å². The van der Waals surface area contributed by atoms with Gasteiger partial charge in [-0.15, -0.1) is 0 Å². The topological polar surface area (TPSA) is 24.5 Å². The van der Waals surface area contributed by atoms with Gasteiger partial charge in [-0.25, -0.2) is 0 Å². The number of anilines is 1. The Bertz CT molecular complexity index is 400. The Labute approximate surface area is 116 Å². The summed E-state index contributed by atoms with van der Waals surface area (Å²) in [5, 5.41) is 3.27. The SMILES string of the molecule is CCN(CC1CCCO1)c1ccc(C)cc1CNC. The molecule has 3 heteroatoms. The van der Waals surface area contributed by atoms with E-state index in [-0.39, 0.29) is 0 Å². The van der Waals surface area contributed by atoms with E-state index in [0.29, 0.717) is 6.10 Å². The second-order valence-corrected chi connectivity index (χ2v) is 5.34. The average Bonchev–Trinajstić information content (AvgIpc) is 2.90. The van der Waals surface area contributed by atoms with E-state index in [1.807, 2.05) is 7.05 Å². The van der Waals surface area contributed by atoms with Crippen LogP contribution in [0.2, 0.25) is 0 Å². The number of aryl methyl sites for hydroxylation is 1. The molecule has 106 valence electrons. The average molecular weight is 262 g/mol. The maximum atomic E-state index is 5.77. The van der Waals surface area contributed by atoms with Crippen molar-refractivity contribution in [2.75, 3.05) is 31.6 Å². The predicted molar refractivity (Wildman–Crippen MR) is 80.8 cm³/mol. The van der Waals surface area contributed by atoms with Crippen LogP contribution in [0.3, 0.4) is 0 Å². The maximum Gasteiger partial charge on any atom is 0.0750 e. The lowest BCUT2D eigenvalue weighted by Gasteiger charge is -2.28. The van der Waals surface area contributed by atoms with E-state index >= 15 is 0 Å². The van der Waals surface area contributed by atoms with Gasteiger partial charge in [-0.2, -0.15) is 0 Å². The lowest BCUT2D eigenvalue weighted by molar-refractivity contribution is 0.115. The summed E-state index contributed by atoms with van der Waals surface area (Å²) in [6.07, 6.45) is 2.81. The first kappa shape index (κ1) is 14.4. The smallest absolute Gasteiger partial charge is 0.0750 e. The van der Waals surface area contributed by atoms with Crippen molar-refractivity contribution in [2.45, 2.75) is 39.3 Å². The summed E-state index contributed by atoms with van der Waals surface area (Å²) in [6.45, 7) is 8.26. The van der Waals surface area contributed by atoms with Crippen LogP contribution in [0.4, 0.5) is 5.69 Å². The van der Waals surface area contributed by atoms with Crippen molar-refractivity contribution in [3.63, 3.8) is 0 Å². The fourth-order valence-electron chi connectivity index (χ4n) is 2.79. The van der Waals surface area contributed by atoms with Gasteiger partial charge >= 0.3 is 0 Å². The lowest BCUT2D eigenvalue weighted by Crippen LogP contribution is -2.33. The molecule has 0 bridgehead atoms. The third kappa shape index (κ3) is 3.71. The molecule has 1 N–H and O–H groups in total. The number of hydrogen-bond acceptors (Lipinski definition) is 3. The highest BCUT2D eigenvalue weighted by molar-refractivity contribution is 5.55. The Kier molecular flexibility index (Phi) is 5.23. The normalized spacial score (nSPS) is 18.8. The molecule has 0 radical (unpaired) electrons. The van der Waals surface area contributed by atoms with Crippen molar-refractivity contribution < 1.29 is 4.74 Å². The third-order valence-electron chi connectivity index (χ3n) is 3.77. The Morgan fingerprint density at radius 2 is 2.26 bits per heavy atom.